The summed E-state index contributed by atoms with van der Waals surface area (Å²) in [6.45, 7) is -0.722. The van der Waals surface area contributed by atoms with Crippen molar-refractivity contribution < 1.29 is 19.6 Å². The monoisotopic (exact) mass is 226 g/mol. The molecule has 0 saturated carbocycles. The van der Waals surface area contributed by atoms with Crippen molar-refractivity contribution in [1.82, 2.24) is 0 Å². The minimum absolute atomic E-state index is 0.0876. The Bertz CT molecular complexity index is 418. The summed E-state index contributed by atoms with van der Waals surface area (Å²) in [5, 5.41) is 19.5. The van der Waals surface area contributed by atoms with Crippen LogP contribution in [0.15, 0.2) is 18.2 Å². The predicted octanol–water partition coefficient (Wildman–Crippen LogP) is -0.0488. The van der Waals surface area contributed by atoms with E-state index in [0.717, 1.165) is 0 Å². The van der Waals surface area contributed by atoms with E-state index >= 15 is 0 Å². The average molecular weight is 226 g/mol. The Hall–Kier alpha value is -2.15. The number of aliphatic hydroxyl groups is 1. The molecule has 0 aliphatic heterocycles. The van der Waals surface area contributed by atoms with Gasteiger partial charge in [0.15, 0.2) is 12.4 Å². The Morgan fingerprint density at radius 2 is 2.25 bits per heavy atom. The molecule has 0 unspecified atom stereocenters. The number of ether oxygens (including phenoxy) is 1. The summed E-state index contributed by atoms with van der Waals surface area (Å²) in [5.74, 6) is -0.820. The summed E-state index contributed by atoms with van der Waals surface area (Å²) >= 11 is 0. The summed E-state index contributed by atoms with van der Waals surface area (Å²) in [4.78, 5) is 20.5. The van der Waals surface area contributed by atoms with E-state index in [0.29, 0.717) is 5.56 Å². The highest BCUT2D eigenvalue weighted by Crippen LogP contribution is 2.27. The van der Waals surface area contributed by atoms with Crippen LogP contribution in [0.2, 0.25) is 0 Å². The van der Waals surface area contributed by atoms with Crippen molar-refractivity contribution in [3.63, 3.8) is 0 Å². The molecule has 0 atom stereocenters. The number of rotatable bonds is 5. The first kappa shape index (κ1) is 11.9. The first-order chi connectivity index (χ1) is 7.54. The fourth-order valence-electron chi connectivity index (χ4n) is 1.07. The molecule has 0 spiro atoms. The Kier molecular flexibility index (Phi) is 3.78. The fourth-order valence-corrected chi connectivity index (χ4v) is 1.07. The Morgan fingerprint density at radius 1 is 1.56 bits per heavy atom. The van der Waals surface area contributed by atoms with E-state index in [2.05, 4.69) is 0 Å². The molecule has 1 rings (SSSR count). The van der Waals surface area contributed by atoms with Crippen LogP contribution in [0.4, 0.5) is 5.69 Å². The number of carbonyl (C=O) groups is 1. The third-order valence-corrected chi connectivity index (χ3v) is 1.77. The van der Waals surface area contributed by atoms with Crippen LogP contribution in [0.3, 0.4) is 0 Å². The number of nitro groups is 1. The molecule has 0 saturated heterocycles. The largest absolute Gasteiger partial charge is 0.477 e. The molecule has 1 aromatic carbocycles. The van der Waals surface area contributed by atoms with Gasteiger partial charge in [-0.05, 0) is 17.7 Å². The van der Waals surface area contributed by atoms with Crippen LogP contribution in [-0.4, -0.2) is 22.5 Å². The second-order valence-electron chi connectivity index (χ2n) is 2.97. The smallest absolute Gasteiger partial charge is 0.310 e. The standard InChI is InChI=1S/C9H10N2O5/c10-9(13)5-16-8-3-6(4-12)1-2-7(8)11(14)15/h1-3,12H,4-5H2,(H2,10,13). The SMILES string of the molecule is NC(=O)COc1cc(CO)ccc1[N+](=O)[O-]. The zero-order chi connectivity index (χ0) is 12.1. The lowest BCUT2D eigenvalue weighted by atomic mass is 10.2. The summed E-state index contributed by atoms with van der Waals surface area (Å²) in [6, 6.07) is 3.89. The predicted molar refractivity (Wildman–Crippen MR) is 53.7 cm³/mol. The van der Waals surface area contributed by atoms with Crippen LogP contribution >= 0.6 is 0 Å². The van der Waals surface area contributed by atoms with Crippen LogP contribution in [0.5, 0.6) is 5.75 Å². The third-order valence-electron chi connectivity index (χ3n) is 1.77. The number of carbonyl (C=O) groups excluding carboxylic acids is 1. The highest BCUT2D eigenvalue weighted by molar-refractivity contribution is 5.75. The molecule has 16 heavy (non-hydrogen) atoms. The fraction of sp³-hybridized carbons (Fsp3) is 0.222. The highest BCUT2D eigenvalue weighted by atomic mass is 16.6. The zero-order valence-corrected chi connectivity index (χ0v) is 8.25. The minimum atomic E-state index is -0.733. The van der Waals surface area contributed by atoms with E-state index in [1.807, 2.05) is 0 Å². The number of hydrogen-bond acceptors (Lipinski definition) is 5. The molecule has 0 radical (unpaired) electrons. The zero-order valence-electron chi connectivity index (χ0n) is 8.25. The summed E-state index contributed by atoms with van der Waals surface area (Å²) in [7, 11) is 0. The van der Waals surface area contributed by atoms with Gasteiger partial charge in [-0.1, -0.05) is 0 Å². The molecule has 0 aliphatic rings. The number of benzene rings is 1. The lowest BCUT2D eigenvalue weighted by Gasteiger charge is -2.05. The molecular weight excluding hydrogens is 216 g/mol. The molecule has 0 fully saturated rings. The third kappa shape index (κ3) is 2.92. The number of amides is 1. The lowest BCUT2D eigenvalue weighted by molar-refractivity contribution is -0.385. The van der Waals surface area contributed by atoms with Crippen LogP contribution < -0.4 is 10.5 Å². The summed E-state index contributed by atoms with van der Waals surface area (Å²) < 4.78 is 4.88. The number of primary amides is 1. The second-order valence-corrected chi connectivity index (χ2v) is 2.97. The van der Waals surface area contributed by atoms with E-state index in [1.165, 1.54) is 18.2 Å². The number of nitrogens with two attached hydrogens (primary N) is 1. The van der Waals surface area contributed by atoms with E-state index in [9.17, 15) is 14.9 Å². The van der Waals surface area contributed by atoms with Crippen molar-refractivity contribution >= 4 is 11.6 Å². The van der Waals surface area contributed by atoms with Crippen molar-refractivity contribution in [2.24, 2.45) is 5.73 Å². The number of aliphatic hydroxyl groups excluding tert-OH is 1. The van der Waals surface area contributed by atoms with Gasteiger partial charge < -0.3 is 15.6 Å². The first-order valence-electron chi connectivity index (χ1n) is 4.34. The maximum atomic E-state index is 10.6. The Morgan fingerprint density at radius 3 is 2.75 bits per heavy atom. The molecule has 0 aliphatic carbocycles. The van der Waals surface area contributed by atoms with Crippen molar-refractivity contribution in [2.75, 3.05) is 6.61 Å². The van der Waals surface area contributed by atoms with E-state index in [-0.39, 0.29) is 18.0 Å². The Balaban J connectivity index is 3.00. The molecule has 0 aromatic heterocycles. The van der Waals surface area contributed by atoms with Gasteiger partial charge >= 0.3 is 5.69 Å². The molecule has 1 aromatic rings. The van der Waals surface area contributed by atoms with Crippen LogP contribution in [0, 0.1) is 10.1 Å². The summed E-state index contributed by atoms with van der Waals surface area (Å²) in [5.41, 5.74) is 5.02. The van der Waals surface area contributed by atoms with E-state index < -0.39 is 17.4 Å². The minimum Gasteiger partial charge on any atom is -0.477 e. The molecule has 0 heterocycles. The molecule has 7 heteroatoms. The van der Waals surface area contributed by atoms with Gasteiger partial charge in [0, 0.05) is 6.07 Å². The van der Waals surface area contributed by atoms with Crippen LogP contribution in [-0.2, 0) is 11.4 Å². The quantitative estimate of drug-likeness (QED) is 0.539. The molecule has 1 amide bonds. The molecule has 0 bridgehead atoms. The topological polar surface area (TPSA) is 116 Å². The van der Waals surface area contributed by atoms with Crippen LogP contribution in [0.1, 0.15) is 5.56 Å². The van der Waals surface area contributed by atoms with Crippen molar-refractivity contribution in [1.29, 1.82) is 0 Å². The van der Waals surface area contributed by atoms with Gasteiger partial charge in [-0.3, -0.25) is 14.9 Å². The number of hydrogen-bond donors (Lipinski definition) is 2. The Labute approximate surface area is 90.6 Å². The maximum absolute atomic E-state index is 10.6. The number of nitro benzene ring substituents is 1. The lowest BCUT2D eigenvalue weighted by Crippen LogP contribution is -2.20. The van der Waals surface area contributed by atoms with Crippen molar-refractivity contribution in [3.05, 3.63) is 33.9 Å². The van der Waals surface area contributed by atoms with Gasteiger partial charge in [-0.15, -0.1) is 0 Å². The molecular formula is C9H10N2O5. The number of nitrogens with zero attached hydrogens (tertiary/aromatic N) is 1. The molecule has 86 valence electrons. The van der Waals surface area contributed by atoms with Gasteiger partial charge in [0.2, 0.25) is 0 Å². The average Bonchev–Trinajstić information content (AvgIpc) is 2.25. The van der Waals surface area contributed by atoms with Gasteiger partial charge in [-0.25, -0.2) is 0 Å². The molecule has 7 nitrogen and oxygen atoms in total. The van der Waals surface area contributed by atoms with Gasteiger partial charge in [0.25, 0.3) is 5.91 Å². The molecule has 3 N–H and O–H groups in total. The highest BCUT2D eigenvalue weighted by Gasteiger charge is 2.15. The van der Waals surface area contributed by atoms with E-state index in [4.69, 9.17) is 15.6 Å². The maximum Gasteiger partial charge on any atom is 0.310 e. The van der Waals surface area contributed by atoms with E-state index in [1.54, 1.807) is 0 Å². The normalized spacial score (nSPS) is 9.81. The van der Waals surface area contributed by atoms with Crippen molar-refractivity contribution in [2.45, 2.75) is 6.61 Å². The van der Waals surface area contributed by atoms with Gasteiger partial charge in [-0.2, -0.15) is 0 Å². The first-order valence-corrected chi connectivity index (χ1v) is 4.34. The van der Waals surface area contributed by atoms with Gasteiger partial charge in [0.1, 0.15) is 0 Å². The summed E-state index contributed by atoms with van der Waals surface area (Å²) in [6.07, 6.45) is 0. The second kappa shape index (κ2) is 5.08. The van der Waals surface area contributed by atoms with Crippen LogP contribution in [0.25, 0.3) is 0 Å². The van der Waals surface area contributed by atoms with Gasteiger partial charge in [0.05, 0.1) is 11.5 Å². The van der Waals surface area contributed by atoms with Crippen molar-refractivity contribution in [3.8, 4) is 5.75 Å².